The SMILES string of the molecule is COCOC(=O)c1ccc(OCC(=O)COc2ccc(Cl)cc2)cc1. The van der Waals surface area contributed by atoms with E-state index in [-0.39, 0.29) is 25.8 Å². The van der Waals surface area contributed by atoms with Gasteiger partial charge in [-0.25, -0.2) is 4.79 Å². The van der Waals surface area contributed by atoms with Crippen molar-refractivity contribution in [1.82, 2.24) is 0 Å². The Kier molecular flexibility index (Phi) is 7.25. The fourth-order valence-electron chi connectivity index (χ4n) is 1.78. The molecule has 0 fully saturated rings. The first-order valence-electron chi connectivity index (χ1n) is 7.37. The summed E-state index contributed by atoms with van der Waals surface area (Å²) < 4.78 is 20.2. The fourth-order valence-corrected chi connectivity index (χ4v) is 1.91. The van der Waals surface area contributed by atoms with Crippen LogP contribution in [0.15, 0.2) is 48.5 Å². The molecular weight excluding hydrogens is 348 g/mol. The van der Waals surface area contributed by atoms with E-state index in [4.69, 9.17) is 25.8 Å². The summed E-state index contributed by atoms with van der Waals surface area (Å²) in [6.45, 7) is -0.358. The van der Waals surface area contributed by atoms with E-state index < -0.39 is 5.97 Å². The molecule has 0 aromatic heterocycles. The Bertz CT molecular complexity index is 697. The molecule has 0 radical (unpaired) electrons. The van der Waals surface area contributed by atoms with Crippen LogP contribution in [0.5, 0.6) is 11.5 Å². The highest BCUT2D eigenvalue weighted by Gasteiger charge is 2.08. The molecule has 0 N–H and O–H groups in total. The molecule has 0 atom stereocenters. The minimum atomic E-state index is -0.499. The third kappa shape index (κ3) is 6.45. The topological polar surface area (TPSA) is 71.1 Å². The molecule has 0 spiro atoms. The zero-order valence-corrected chi connectivity index (χ0v) is 14.3. The average Bonchev–Trinajstić information content (AvgIpc) is 2.64. The molecule has 6 nitrogen and oxygen atoms in total. The zero-order chi connectivity index (χ0) is 18.1. The van der Waals surface area contributed by atoms with Crippen LogP contribution < -0.4 is 9.47 Å². The van der Waals surface area contributed by atoms with Crippen LogP contribution in [0.1, 0.15) is 10.4 Å². The summed E-state index contributed by atoms with van der Waals surface area (Å²) in [6, 6.07) is 13.0. The van der Waals surface area contributed by atoms with Crippen molar-refractivity contribution >= 4 is 23.4 Å². The molecule has 25 heavy (non-hydrogen) atoms. The van der Waals surface area contributed by atoms with Crippen LogP contribution in [0, 0.1) is 0 Å². The van der Waals surface area contributed by atoms with E-state index in [1.54, 1.807) is 48.5 Å². The molecule has 2 aromatic rings. The molecule has 2 aromatic carbocycles. The van der Waals surface area contributed by atoms with E-state index in [1.807, 2.05) is 0 Å². The second-order valence-electron chi connectivity index (χ2n) is 4.93. The predicted octanol–water partition coefficient (Wildman–Crippen LogP) is 3.13. The average molecular weight is 365 g/mol. The van der Waals surface area contributed by atoms with Gasteiger partial charge in [0.05, 0.1) is 5.56 Å². The maximum Gasteiger partial charge on any atom is 0.340 e. The number of benzene rings is 2. The number of esters is 1. The minimum Gasteiger partial charge on any atom is -0.486 e. The van der Waals surface area contributed by atoms with E-state index in [0.29, 0.717) is 22.1 Å². The largest absolute Gasteiger partial charge is 0.486 e. The van der Waals surface area contributed by atoms with Crippen molar-refractivity contribution in [3.05, 3.63) is 59.1 Å². The summed E-state index contributed by atoms with van der Waals surface area (Å²) in [4.78, 5) is 23.4. The highest BCUT2D eigenvalue weighted by atomic mass is 35.5. The van der Waals surface area contributed by atoms with Crippen LogP contribution in [-0.4, -0.2) is 38.9 Å². The Morgan fingerprint density at radius 2 is 1.40 bits per heavy atom. The van der Waals surface area contributed by atoms with Crippen molar-refractivity contribution in [2.75, 3.05) is 27.1 Å². The van der Waals surface area contributed by atoms with Crippen molar-refractivity contribution in [2.45, 2.75) is 0 Å². The van der Waals surface area contributed by atoms with E-state index in [0.717, 1.165) is 0 Å². The van der Waals surface area contributed by atoms with Crippen LogP contribution in [0.3, 0.4) is 0 Å². The number of carbonyl (C=O) groups excluding carboxylic acids is 2. The third-order valence-electron chi connectivity index (χ3n) is 3.01. The Labute approximate surface area is 150 Å². The lowest BCUT2D eigenvalue weighted by atomic mass is 10.2. The van der Waals surface area contributed by atoms with Crippen LogP contribution >= 0.6 is 11.6 Å². The lowest BCUT2D eigenvalue weighted by Crippen LogP contribution is -2.19. The van der Waals surface area contributed by atoms with Crippen LogP contribution in [0.25, 0.3) is 0 Å². The molecule has 0 amide bonds. The molecule has 0 heterocycles. The van der Waals surface area contributed by atoms with Gasteiger partial charge in [-0.15, -0.1) is 0 Å². The second-order valence-corrected chi connectivity index (χ2v) is 5.37. The smallest absolute Gasteiger partial charge is 0.340 e. The Hall–Kier alpha value is -2.57. The number of hydrogen-bond acceptors (Lipinski definition) is 6. The van der Waals surface area contributed by atoms with Gasteiger partial charge in [0.2, 0.25) is 5.78 Å². The normalized spacial score (nSPS) is 10.2. The molecule has 0 aliphatic heterocycles. The van der Waals surface area contributed by atoms with Crippen LogP contribution in [-0.2, 0) is 14.3 Å². The summed E-state index contributed by atoms with van der Waals surface area (Å²) in [5.74, 6) is 0.291. The maximum atomic E-state index is 11.8. The lowest BCUT2D eigenvalue weighted by Gasteiger charge is -2.08. The number of hydrogen-bond donors (Lipinski definition) is 0. The molecule has 7 heteroatoms. The quantitative estimate of drug-likeness (QED) is 0.503. The number of ether oxygens (including phenoxy) is 4. The molecule has 0 bridgehead atoms. The van der Waals surface area contributed by atoms with Gasteiger partial charge in [0, 0.05) is 12.1 Å². The molecule has 132 valence electrons. The van der Waals surface area contributed by atoms with Gasteiger partial charge in [-0.2, -0.15) is 0 Å². The standard InChI is InChI=1S/C18H17ClO6/c1-22-12-25-18(21)13-2-6-16(7-3-13)23-10-15(20)11-24-17-8-4-14(19)5-9-17/h2-9H,10-12H2,1H3. The van der Waals surface area contributed by atoms with Gasteiger partial charge < -0.3 is 18.9 Å². The second kappa shape index (κ2) is 9.66. The van der Waals surface area contributed by atoms with Crippen LogP contribution in [0.2, 0.25) is 5.02 Å². The summed E-state index contributed by atoms with van der Waals surface area (Å²) in [6.07, 6.45) is 0. The summed E-state index contributed by atoms with van der Waals surface area (Å²) >= 11 is 5.77. The summed E-state index contributed by atoms with van der Waals surface area (Å²) in [5, 5.41) is 0.594. The number of rotatable bonds is 9. The zero-order valence-electron chi connectivity index (χ0n) is 13.6. The lowest BCUT2D eigenvalue weighted by molar-refractivity contribution is -0.123. The molecule has 0 aliphatic rings. The Morgan fingerprint density at radius 3 is 1.92 bits per heavy atom. The number of halogens is 1. The van der Waals surface area contributed by atoms with Crippen molar-refractivity contribution in [3.63, 3.8) is 0 Å². The van der Waals surface area contributed by atoms with Crippen molar-refractivity contribution in [3.8, 4) is 11.5 Å². The third-order valence-corrected chi connectivity index (χ3v) is 3.26. The Morgan fingerprint density at radius 1 is 0.880 bits per heavy atom. The van der Waals surface area contributed by atoms with E-state index in [9.17, 15) is 9.59 Å². The maximum absolute atomic E-state index is 11.8. The highest BCUT2D eigenvalue weighted by molar-refractivity contribution is 6.30. The molecule has 2 rings (SSSR count). The van der Waals surface area contributed by atoms with Gasteiger partial charge in [-0.05, 0) is 48.5 Å². The molecule has 0 aliphatic carbocycles. The molecular formula is C18H17ClO6. The Balaban J connectivity index is 1.75. The number of Topliss-reactive ketones (excluding diaryl/α,β-unsaturated/α-hetero) is 1. The van der Waals surface area contributed by atoms with Gasteiger partial charge in [0.25, 0.3) is 0 Å². The molecule has 0 unspecified atom stereocenters. The summed E-state index contributed by atoms with van der Waals surface area (Å²) in [5.41, 5.74) is 0.363. The van der Waals surface area contributed by atoms with Gasteiger partial charge in [0.1, 0.15) is 24.7 Å². The minimum absolute atomic E-state index is 0.108. The highest BCUT2D eigenvalue weighted by Crippen LogP contribution is 2.16. The number of carbonyl (C=O) groups is 2. The van der Waals surface area contributed by atoms with Crippen molar-refractivity contribution in [1.29, 1.82) is 0 Å². The first kappa shape index (κ1) is 18.8. The first-order valence-corrected chi connectivity index (χ1v) is 7.75. The first-order chi connectivity index (χ1) is 12.1. The molecule has 0 saturated heterocycles. The van der Waals surface area contributed by atoms with Gasteiger partial charge >= 0.3 is 5.97 Å². The van der Waals surface area contributed by atoms with Gasteiger partial charge in [-0.3, -0.25) is 4.79 Å². The van der Waals surface area contributed by atoms with Gasteiger partial charge in [-0.1, -0.05) is 11.6 Å². The van der Waals surface area contributed by atoms with Gasteiger partial charge in [0.15, 0.2) is 6.79 Å². The predicted molar refractivity (Wildman–Crippen MR) is 91.2 cm³/mol. The van der Waals surface area contributed by atoms with E-state index in [1.165, 1.54) is 7.11 Å². The number of ketones is 1. The summed E-state index contributed by atoms with van der Waals surface area (Å²) in [7, 11) is 1.43. The van der Waals surface area contributed by atoms with Crippen molar-refractivity contribution in [2.24, 2.45) is 0 Å². The van der Waals surface area contributed by atoms with E-state index in [2.05, 4.69) is 4.74 Å². The fraction of sp³-hybridized carbons (Fsp3) is 0.222. The van der Waals surface area contributed by atoms with Crippen LogP contribution in [0.4, 0.5) is 0 Å². The molecule has 0 saturated carbocycles. The van der Waals surface area contributed by atoms with Crippen molar-refractivity contribution < 1.29 is 28.5 Å². The number of methoxy groups -OCH3 is 1. The monoisotopic (exact) mass is 364 g/mol. The van der Waals surface area contributed by atoms with E-state index >= 15 is 0 Å².